The monoisotopic (exact) mass is 342 g/mol. The molecule has 1 aliphatic carbocycles. The zero-order valence-corrected chi connectivity index (χ0v) is 15.1. The molecule has 1 aromatic heterocycles. The average molecular weight is 342 g/mol. The fourth-order valence-electron chi connectivity index (χ4n) is 3.27. The lowest BCUT2D eigenvalue weighted by Gasteiger charge is -2.25. The minimum absolute atomic E-state index is 0.122. The second-order valence-corrected chi connectivity index (χ2v) is 6.65. The molecule has 1 unspecified atom stereocenters. The Kier molecular flexibility index (Phi) is 5.26. The summed E-state index contributed by atoms with van der Waals surface area (Å²) in [5.41, 5.74) is 3.27. The van der Waals surface area contributed by atoms with Gasteiger partial charge in [-0.15, -0.1) is 0 Å². The fourth-order valence-corrected chi connectivity index (χ4v) is 3.27. The zero-order valence-electron chi connectivity index (χ0n) is 15.1. The van der Waals surface area contributed by atoms with Crippen LogP contribution in [0.1, 0.15) is 44.5 Å². The maximum Gasteiger partial charge on any atom is 0.319 e. The van der Waals surface area contributed by atoms with Crippen LogP contribution in [0.4, 0.5) is 10.5 Å². The molecule has 0 fully saturated rings. The Morgan fingerprint density at radius 2 is 2.28 bits per heavy atom. The van der Waals surface area contributed by atoms with Crippen molar-refractivity contribution in [3.8, 4) is 5.75 Å². The molecule has 2 amide bonds. The number of hydrogen-bond acceptors (Lipinski definition) is 3. The number of carbonyl (C=O) groups is 1. The molecule has 0 spiro atoms. The van der Waals surface area contributed by atoms with E-state index in [1.807, 2.05) is 37.4 Å². The minimum Gasteiger partial charge on any atom is -0.494 e. The van der Waals surface area contributed by atoms with Crippen molar-refractivity contribution in [2.45, 2.75) is 52.1 Å². The number of carbonyl (C=O) groups excluding carboxylic acids is 1. The van der Waals surface area contributed by atoms with Crippen LogP contribution in [-0.2, 0) is 12.8 Å². The molecule has 0 bridgehead atoms. The van der Waals surface area contributed by atoms with Crippen molar-refractivity contribution in [2.24, 2.45) is 0 Å². The van der Waals surface area contributed by atoms with Crippen LogP contribution in [-0.4, -0.2) is 28.5 Å². The summed E-state index contributed by atoms with van der Waals surface area (Å²) >= 11 is 0. The lowest BCUT2D eigenvalue weighted by Crippen LogP contribution is -2.41. The quantitative estimate of drug-likeness (QED) is 0.873. The molecule has 6 heteroatoms. The molecule has 2 aromatic rings. The largest absolute Gasteiger partial charge is 0.494 e. The Balaban J connectivity index is 1.60. The van der Waals surface area contributed by atoms with Crippen LogP contribution in [0.15, 0.2) is 30.5 Å². The highest BCUT2D eigenvalue weighted by Crippen LogP contribution is 2.24. The number of aryl methyl sites for hydroxylation is 1. The van der Waals surface area contributed by atoms with Crippen LogP contribution in [0.2, 0.25) is 0 Å². The predicted molar refractivity (Wildman–Crippen MR) is 98.2 cm³/mol. The van der Waals surface area contributed by atoms with Gasteiger partial charge in [0.05, 0.1) is 12.8 Å². The highest BCUT2D eigenvalue weighted by Gasteiger charge is 2.24. The van der Waals surface area contributed by atoms with Gasteiger partial charge < -0.3 is 15.4 Å². The number of nitrogens with one attached hydrogen (secondary N) is 2. The summed E-state index contributed by atoms with van der Waals surface area (Å²) < 4.78 is 7.52. The standard InChI is InChI=1S/C19H26N4O2/c1-4-25-17-7-5-6-15(10-17)21-19(24)22-16-9-8-14-12-20-23(13(2)3)18(14)11-16/h5-7,10,12-13,16H,4,8-9,11H2,1-3H3,(H2,21,22,24). The van der Waals surface area contributed by atoms with Crippen molar-refractivity contribution in [2.75, 3.05) is 11.9 Å². The van der Waals surface area contributed by atoms with Crippen molar-refractivity contribution in [1.29, 1.82) is 0 Å². The summed E-state index contributed by atoms with van der Waals surface area (Å²) in [5, 5.41) is 10.5. The van der Waals surface area contributed by atoms with Crippen LogP contribution >= 0.6 is 0 Å². The van der Waals surface area contributed by atoms with Gasteiger partial charge in [-0.25, -0.2) is 4.79 Å². The van der Waals surface area contributed by atoms with Crippen LogP contribution in [0.3, 0.4) is 0 Å². The highest BCUT2D eigenvalue weighted by molar-refractivity contribution is 5.89. The van der Waals surface area contributed by atoms with Gasteiger partial charge in [-0.1, -0.05) is 6.07 Å². The molecule has 1 atom stereocenters. The Hall–Kier alpha value is -2.50. The number of anilines is 1. The zero-order chi connectivity index (χ0) is 17.8. The molecule has 6 nitrogen and oxygen atoms in total. The van der Waals surface area contributed by atoms with Gasteiger partial charge in [0.15, 0.2) is 0 Å². The van der Waals surface area contributed by atoms with Gasteiger partial charge in [0.25, 0.3) is 0 Å². The summed E-state index contributed by atoms with van der Waals surface area (Å²) in [4.78, 5) is 12.3. The van der Waals surface area contributed by atoms with Gasteiger partial charge in [-0.05, 0) is 51.3 Å². The molecule has 2 N–H and O–H groups in total. The van der Waals surface area contributed by atoms with Gasteiger partial charge in [0.2, 0.25) is 0 Å². The lowest BCUT2D eigenvalue weighted by atomic mass is 9.93. The van der Waals surface area contributed by atoms with Gasteiger partial charge >= 0.3 is 6.03 Å². The highest BCUT2D eigenvalue weighted by atomic mass is 16.5. The van der Waals surface area contributed by atoms with Crippen LogP contribution in [0, 0.1) is 0 Å². The number of amides is 2. The van der Waals surface area contributed by atoms with Crippen molar-refractivity contribution >= 4 is 11.7 Å². The maximum absolute atomic E-state index is 12.3. The predicted octanol–water partition coefficient (Wildman–Crippen LogP) is 3.54. The van der Waals surface area contributed by atoms with E-state index in [2.05, 4.69) is 34.3 Å². The minimum atomic E-state index is -0.183. The third kappa shape index (κ3) is 4.13. The summed E-state index contributed by atoms with van der Waals surface area (Å²) in [6, 6.07) is 7.70. The third-order valence-electron chi connectivity index (χ3n) is 4.41. The second-order valence-electron chi connectivity index (χ2n) is 6.65. The van der Waals surface area contributed by atoms with Crippen molar-refractivity contribution in [3.05, 3.63) is 41.7 Å². The number of fused-ring (bicyclic) bond motifs is 1. The van der Waals surface area contributed by atoms with Crippen LogP contribution in [0.25, 0.3) is 0 Å². The third-order valence-corrected chi connectivity index (χ3v) is 4.41. The number of urea groups is 1. The molecule has 3 rings (SSSR count). The summed E-state index contributed by atoms with van der Waals surface area (Å²) in [7, 11) is 0. The molecule has 1 aromatic carbocycles. The summed E-state index contributed by atoms with van der Waals surface area (Å²) in [6.45, 7) is 6.79. The van der Waals surface area contributed by atoms with E-state index in [9.17, 15) is 4.79 Å². The Morgan fingerprint density at radius 3 is 3.04 bits per heavy atom. The van der Waals surface area contributed by atoms with Crippen molar-refractivity contribution in [1.82, 2.24) is 15.1 Å². The van der Waals surface area contributed by atoms with E-state index < -0.39 is 0 Å². The maximum atomic E-state index is 12.3. The summed E-state index contributed by atoms with van der Waals surface area (Å²) in [6.07, 6.45) is 4.67. The van der Waals surface area contributed by atoms with Crippen LogP contribution < -0.4 is 15.4 Å². The molecule has 134 valence electrons. The fraction of sp³-hybridized carbons (Fsp3) is 0.474. The first kappa shape index (κ1) is 17.3. The van der Waals surface area contributed by atoms with Gasteiger partial charge in [0.1, 0.15) is 5.75 Å². The summed E-state index contributed by atoms with van der Waals surface area (Å²) in [5.74, 6) is 0.753. The molecule has 1 heterocycles. The van der Waals surface area contributed by atoms with Gasteiger partial charge in [-0.3, -0.25) is 4.68 Å². The van der Waals surface area contributed by atoms with Crippen molar-refractivity contribution in [3.63, 3.8) is 0 Å². The first-order valence-corrected chi connectivity index (χ1v) is 8.92. The van der Waals surface area contributed by atoms with E-state index in [0.717, 1.165) is 30.7 Å². The number of benzene rings is 1. The topological polar surface area (TPSA) is 68.2 Å². The first-order valence-electron chi connectivity index (χ1n) is 8.92. The molecule has 25 heavy (non-hydrogen) atoms. The molecule has 0 saturated carbocycles. The lowest BCUT2D eigenvalue weighted by molar-refractivity contribution is 0.246. The SMILES string of the molecule is CCOc1cccc(NC(=O)NC2CCc3cnn(C(C)C)c3C2)c1. The molecule has 0 radical (unpaired) electrons. The van der Waals surface area contributed by atoms with E-state index >= 15 is 0 Å². The van der Waals surface area contributed by atoms with E-state index in [1.165, 1.54) is 11.3 Å². The van der Waals surface area contributed by atoms with E-state index in [4.69, 9.17) is 4.74 Å². The van der Waals surface area contributed by atoms with E-state index in [-0.39, 0.29) is 12.1 Å². The molecule has 1 aliphatic rings. The Morgan fingerprint density at radius 1 is 1.44 bits per heavy atom. The molecular formula is C19H26N4O2. The van der Waals surface area contributed by atoms with E-state index in [1.54, 1.807) is 0 Å². The average Bonchev–Trinajstić information content (AvgIpc) is 2.98. The Bertz CT molecular complexity index is 739. The van der Waals surface area contributed by atoms with Gasteiger partial charge in [0, 0.05) is 36.0 Å². The number of ether oxygens (including phenoxy) is 1. The van der Waals surface area contributed by atoms with E-state index in [0.29, 0.717) is 12.6 Å². The molecule has 0 saturated heterocycles. The number of rotatable bonds is 5. The number of nitrogens with zero attached hydrogens (tertiary/aromatic N) is 2. The normalized spacial score (nSPS) is 16.4. The number of hydrogen-bond donors (Lipinski definition) is 2. The molecular weight excluding hydrogens is 316 g/mol. The molecule has 0 aliphatic heterocycles. The van der Waals surface area contributed by atoms with Crippen molar-refractivity contribution < 1.29 is 9.53 Å². The first-order chi connectivity index (χ1) is 12.1. The number of aromatic nitrogens is 2. The smallest absolute Gasteiger partial charge is 0.319 e. The Labute approximate surface area is 148 Å². The van der Waals surface area contributed by atoms with Gasteiger partial charge in [-0.2, -0.15) is 5.10 Å². The second kappa shape index (κ2) is 7.59. The van der Waals surface area contributed by atoms with Crippen LogP contribution in [0.5, 0.6) is 5.75 Å².